The van der Waals surface area contributed by atoms with E-state index < -0.39 is 11.3 Å². The second-order valence-corrected chi connectivity index (χ2v) is 4.12. The van der Waals surface area contributed by atoms with Crippen molar-refractivity contribution >= 4 is 40.8 Å². The van der Waals surface area contributed by atoms with Crippen LogP contribution in [0.4, 0.5) is 0 Å². The molecule has 0 amide bonds. The smallest absolute Gasteiger partial charge is 0.321 e. The van der Waals surface area contributed by atoms with E-state index in [1.165, 1.54) is 0 Å². The zero-order valence-corrected chi connectivity index (χ0v) is 9.27. The molecule has 0 aliphatic heterocycles. The fourth-order valence-electron chi connectivity index (χ4n) is 0.980. The molecule has 0 saturated heterocycles. The minimum atomic E-state index is -1.07. The third-order valence-corrected chi connectivity index (χ3v) is 2.62. The van der Waals surface area contributed by atoms with Crippen LogP contribution in [0.2, 0.25) is 10.0 Å². The van der Waals surface area contributed by atoms with E-state index in [4.69, 9.17) is 39.9 Å². The summed E-state index contributed by atoms with van der Waals surface area (Å²) in [5.74, 6) is -1.07. The Balaban J connectivity index is 2.85. The molecule has 1 aromatic carbocycles. The van der Waals surface area contributed by atoms with E-state index in [9.17, 15) is 4.79 Å². The topological polar surface area (TPSA) is 37.3 Å². The summed E-state index contributed by atoms with van der Waals surface area (Å²) in [7, 11) is 0. The Bertz CT molecular complexity index is 352. The summed E-state index contributed by atoms with van der Waals surface area (Å²) in [6.45, 7) is 0. The van der Waals surface area contributed by atoms with Crippen LogP contribution in [-0.4, -0.2) is 16.5 Å². The highest BCUT2D eigenvalue weighted by Gasteiger charge is 2.15. The van der Waals surface area contributed by atoms with Gasteiger partial charge in [0.2, 0.25) is 0 Å². The van der Waals surface area contributed by atoms with Crippen LogP contribution in [0, 0.1) is 0 Å². The summed E-state index contributed by atoms with van der Waals surface area (Å²) in [5, 5.41) is 8.60. The average Bonchev–Trinajstić information content (AvgIpc) is 2.11. The van der Waals surface area contributed by atoms with E-state index in [1.807, 2.05) is 0 Å². The molecule has 0 aliphatic rings. The van der Waals surface area contributed by atoms with Crippen LogP contribution in [0.3, 0.4) is 0 Å². The van der Waals surface area contributed by atoms with Gasteiger partial charge in [0.1, 0.15) is 5.38 Å². The van der Waals surface area contributed by atoms with Crippen molar-refractivity contribution in [3.05, 3.63) is 33.8 Å². The summed E-state index contributed by atoms with van der Waals surface area (Å²) < 4.78 is 0. The lowest BCUT2D eigenvalue weighted by molar-refractivity contribution is -0.136. The number of alkyl halides is 1. The van der Waals surface area contributed by atoms with Gasteiger partial charge in [0.05, 0.1) is 0 Å². The Morgan fingerprint density at radius 1 is 1.43 bits per heavy atom. The van der Waals surface area contributed by atoms with Gasteiger partial charge in [-0.15, -0.1) is 11.6 Å². The molecule has 76 valence electrons. The number of carbonyl (C=O) groups is 1. The molecule has 0 aliphatic carbocycles. The number of hydrogen-bond acceptors (Lipinski definition) is 1. The number of benzene rings is 1. The van der Waals surface area contributed by atoms with E-state index in [1.54, 1.807) is 18.2 Å². The zero-order valence-electron chi connectivity index (χ0n) is 7.01. The summed E-state index contributed by atoms with van der Waals surface area (Å²) in [4.78, 5) is 10.5. The van der Waals surface area contributed by atoms with Crippen molar-refractivity contribution in [3.63, 3.8) is 0 Å². The van der Waals surface area contributed by atoms with Gasteiger partial charge in [-0.05, 0) is 23.8 Å². The molecule has 1 aromatic rings. The Hall–Kier alpha value is -0.440. The molecule has 0 bridgehead atoms. The molecule has 2 nitrogen and oxygen atoms in total. The SMILES string of the molecule is O=C(O)[C@@H](Cl)Cc1cc(Cl)ccc1Cl. The fraction of sp³-hybridized carbons (Fsp3) is 0.222. The van der Waals surface area contributed by atoms with Crippen LogP contribution >= 0.6 is 34.8 Å². The predicted octanol–water partition coefficient (Wildman–Crippen LogP) is 3.23. The molecule has 1 atom stereocenters. The number of hydrogen-bond donors (Lipinski definition) is 1. The van der Waals surface area contributed by atoms with Crippen molar-refractivity contribution in [2.75, 3.05) is 0 Å². The monoisotopic (exact) mass is 252 g/mol. The first-order chi connectivity index (χ1) is 6.50. The van der Waals surface area contributed by atoms with Gasteiger partial charge in [-0.1, -0.05) is 23.2 Å². The predicted molar refractivity (Wildman–Crippen MR) is 57.4 cm³/mol. The number of aliphatic carboxylic acids is 1. The molecule has 0 radical (unpaired) electrons. The second kappa shape index (κ2) is 4.87. The van der Waals surface area contributed by atoms with Crippen LogP contribution < -0.4 is 0 Å². The highest BCUT2D eigenvalue weighted by Crippen LogP contribution is 2.23. The Morgan fingerprint density at radius 3 is 2.64 bits per heavy atom. The van der Waals surface area contributed by atoms with Crippen molar-refractivity contribution in [1.82, 2.24) is 0 Å². The Morgan fingerprint density at radius 2 is 2.07 bits per heavy atom. The van der Waals surface area contributed by atoms with Crippen molar-refractivity contribution in [3.8, 4) is 0 Å². The molecular weight excluding hydrogens is 246 g/mol. The first-order valence-electron chi connectivity index (χ1n) is 3.81. The standard InChI is InChI=1S/C9H7Cl3O2/c10-6-1-2-7(11)5(3-6)4-8(12)9(13)14/h1-3,8H,4H2,(H,13,14)/t8-/m0/s1. The maximum absolute atomic E-state index is 10.5. The largest absolute Gasteiger partial charge is 0.480 e. The summed E-state index contributed by atoms with van der Waals surface area (Å²) in [6, 6.07) is 4.87. The summed E-state index contributed by atoms with van der Waals surface area (Å²) in [6.07, 6.45) is 0.163. The Labute approximate surface area is 96.4 Å². The molecule has 1 N–H and O–H groups in total. The zero-order chi connectivity index (χ0) is 10.7. The highest BCUT2D eigenvalue weighted by molar-refractivity contribution is 6.34. The van der Waals surface area contributed by atoms with Crippen LogP contribution in [0.5, 0.6) is 0 Å². The lowest BCUT2D eigenvalue weighted by atomic mass is 10.1. The third-order valence-electron chi connectivity index (χ3n) is 1.67. The van der Waals surface area contributed by atoms with E-state index >= 15 is 0 Å². The average molecular weight is 254 g/mol. The van der Waals surface area contributed by atoms with Crippen LogP contribution in [0.25, 0.3) is 0 Å². The normalized spacial score (nSPS) is 12.5. The van der Waals surface area contributed by atoms with Gasteiger partial charge in [0, 0.05) is 16.5 Å². The second-order valence-electron chi connectivity index (χ2n) is 2.75. The van der Waals surface area contributed by atoms with Crippen molar-refractivity contribution in [2.24, 2.45) is 0 Å². The van der Waals surface area contributed by atoms with Crippen LogP contribution in [0.1, 0.15) is 5.56 Å². The fourth-order valence-corrected chi connectivity index (χ4v) is 1.54. The molecule has 1 rings (SSSR count). The molecule has 0 heterocycles. The maximum Gasteiger partial charge on any atom is 0.321 e. The van der Waals surface area contributed by atoms with Crippen molar-refractivity contribution in [1.29, 1.82) is 0 Å². The number of carboxylic acids is 1. The van der Waals surface area contributed by atoms with Gasteiger partial charge in [-0.25, -0.2) is 0 Å². The highest BCUT2D eigenvalue weighted by atomic mass is 35.5. The molecule has 0 fully saturated rings. The molecular formula is C9H7Cl3O2. The van der Waals surface area contributed by atoms with Crippen molar-refractivity contribution in [2.45, 2.75) is 11.8 Å². The lowest BCUT2D eigenvalue weighted by Gasteiger charge is -2.06. The van der Waals surface area contributed by atoms with Gasteiger partial charge in [0.25, 0.3) is 0 Å². The number of rotatable bonds is 3. The first kappa shape index (κ1) is 11.6. The van der Waals surface area contributed by atoms with E-state index in [2.05, 4.69) is 0 Å². The molecule has 0 unspecified atom stereocenters. The van der Waals surface area contributed by atoms with Gasteiger partial charge >= 0.3 is 5.97 Å². The minimum Gasteiger partial charge on any atom is -0.480 e. The number of carboxylic acid groups (broad SMARTS) is 1. The van der Waals surface area contributed by atoms with Crippen LogP contribution in [-0.2, 0) is 11.2 Å². The van der Waals surface area contributed by atoms with E-state index in [0.29, 0.717) is 15.6 Å². The summed E-state index contributed by atoms with van der Waals surface area (Å²) >= 11 is 17.1. The molecule has 5 heteroatoms. The van der Waals surface area contributed by atoms with Gasteiger partial charge in [-0.2, -0.15) is 0 Å². The maximum atomic E-state index is 10.5. The number of halogens is 3. The first-order valence-corrected chi connectivity index (χ1v) is 5.00. The molecule has 0 aromatic heterocycles. The quantitative estimate of drug-likeness (QED) is 0.840. The minimum absolute atomic E-state index is 0.163. The Kier molecular flexibility index (Phi) is 4.05. The third kappa shape index (κ3) is 3.05. The lowest BCUT2D eigenvalue weighted by Crippen LogP contribution is -2.16. The molecule has 14 heavy (non-hydrogen) atoms. The molecule has 0 spiro atoms. The van der Waals surface area contributed by atoms with Gasteiger partial charge in [0.15, 0.2) is 0 Å². The van der Waals surface area contributed by atoms with Crippen LogP contribution in [0.15, 0.2) is 18.2 Å². The molecule has 0 saturated carbocycles. The van der Waals surface area contributed by atoms with E-state index in [-0.39, 0.29) is 6.42 Å². The van der Waals surface area contributed by atoms with Gasteiger partial charge < -0.3 is 5.11 Å². The van der Waals surface area contributed by atoms with Crippen molar-refractivity contribution < 1.29 is 9.90 Å². The summed E-state index contributed by atoms with van der Waals surface area (Å²) in [5.41, 5.74) is 0.640. The van der Waals surface area contributed by atoms with Gasteiger partial charge in [-0.3, -0.25) is 4.79 Å². The van der Waals surface area contributed by atoms with E-state index in [0.717, 1.165) is 0 Å².